The van der Waals surface area contributed by atoms with Crippen LogP contribution >= 0.6 is 22.4 Å². The first-order valence-corrected chi connectivity index (χ1v) is 7.47. The fourth-order valence-electron chi connectivity index (χ4n) is 2.51. The van der Waals surface area contributed by atoms with E-state index in [4.69, 9.17) is 5.73 Å². The van der Waals surface area contributed by atoms with Gasteiger partial charge in [0.25, 0.3) is 0 Å². The maximum atomic E-state index is 12.4. The van der Waals surface area contributed by atoms with Gasteiger partial charge in [0, 0.05) is 11.3 Å². The van der Waals surface area contributed by atoms with E-state index < -0.39 is 0 Å². The normalized spacial score (nSPS) is 16.8. The van der Waals surface area contributed by atoms with E-state index in [9.17, 15) is 4.79 Å². The molecule has 0 amide bonds. The molecule has 2 N–H and O–H groups in total. The van der Waals surface area contributed by atoms with Crippen molar-refractivity contribution in [1.82, 2.24) is 0 Å². The molecule has 0 spiro atoms. The molecule has 17 heavy (non-hydrogen) atoms. The monoisotopic (exact) mass is 341 g/mol. The molecule has 0 bridgehead atoms. The van der Waals surface area contributed by atoms with Crippen molar-refractivity contribution < 1.29 is 4.79 Å². The Bertz CT molecular complexity index is 404. The van der Waals surface area contributed by atoms with Gasteiger partial charge in [0.15, 0.2) is 0 Å². The second-order valence-electron chi connectivity index (χ2n) is 4.75. The Morgan fingerprint density at radius 2 is 1.88 bits per heavy atom. The number of hydrogen-bond donors (Lipinski definition) is 1. The van der Waals surface area contributed by atoms with Crippen LogP contribution in [0.4, 0.5) is 5.69 Å². The summed E-state index contributed by atoms with van der Waals surface area (Å²) in [6.45, 7) is 0. The van der Waals surface area contributed by atoms with Crippen LogP contribution < -0.4 is 5.73 Å². The maximum Gasteiger partial charge on any atom is 0.305 e. The average Bonchev–Trinajstić information content (AvgIpc) is 2.39. The van der Waals surface area contributed by atoms with Gasteiger partial charge >= 0.3 is 4.57 Å². The van der Waals surface area contributed by atoms with Crippen molar-refractivity contribution >= 4 is 38.3 Å². The van der Waals surface area contributed by atoms with E-state index >= 15 is 0 Å². The number of hydrogen-bond acceptors (Lipinski definition) is 2. The third kappa shape index (κ3) is 3.03. The molecule has 1 saturated carbocycles. The molecule has 0 unspecified atom stereocenters. The SMILES string of the molecule is Nc1ccccc1C(=O)B(I)C1CCCCC1. The summed E-state index contributed by atoms with van der Waals surface area (Å²) in [5, 5.41) is 0. The lowest BCUT2D eigenvalue weighted by atomic mass is 9.54. The second kappa shape index (κ2) is 5.89. The van der Waals surface area contributed by atoms with Crippen LogP contribution in [0.2, 0.25) is 5.82 Å². The van der Waals surface area contributed by atoms with Crippen LogP contribution in [0.15, 0.2) is 24.3 Å². The van der Waals surface area contributed by atoms with Crippen LogP contribution in [0, 0.1) is 0 Å². The number of carbonyl (C=O) groups is 1. The molecule has 1 aromatic rings. The third-order valence-corrected chi connectivity index (χ3v) is 5.12. The highest BCUT2D eigenvalue weighted by Gasteiger charge is 2.32. The van der Waals surface area contributed by atoms with E-state index in [1.807, 2.05) is 18.2 Å². The van der Waals surface area contributed by atoms with E-state index in [1.165, 1.54) is 32.1 Å². The Labute approximate surface area is 116 Å². The molecule has 1 aliphatic rings. The molecule has 0 saturated heterocycles. The Balaban J connectivity index is 2.11. The largest absolute Gasteiger partial charge is 0.398 e. The lowest BCUT2D eigenvalue weighted by Crippen LogP contribution is -2.27. The van der Waals surface area contributed by atoms with Gasteiger partial charge in [0.2, 0.25) is 0 Å². The van der Waals surface area contributed by atoms with Crippen molar-refractivity contribution in [3.8, 4) is 0 Å². The van der Waals surface area contributed by atoms with Gasteiger partial charge in [0.1, 0.15) is 5.68 Å². The predicted molar refractivity (Wildman–Crippen MR) is 81.8 cm³/mol. The maximum absolute atomic E-state index is 12.4. The van der Waals surface area contributed by atoms with Crippen molar-refractivity contribution in [2.24, 2.45) is 0 Å². The number of halogens is 1. The summed E-state index contributed by atoms with van der Waals surface area (Å²) in [7, 11) is 0. The average molecular weight is 341 g/mol. The van der Waals surface area contributed by atoms with E-state index in [-0.39, 0.29) is 10.3 Å². The van der Waals surface area contributed by atoms with Crippen molar-refractivity contribution in [2.75, 3.05) is 5.73 Å². The molecule has 4 heteroatoms. The molecule has 2 nitrogen and oxygen atoms in total. The lowest BCUT2D eigenvalue weighted by molar-refractivity contribution is 0.107. The van der Waals surface area contributed by atoms with Crippen molar-refractivity contribution in [1.29, 1.82) is 0 Å². The van der Waals surface area contributed by atoms with E-state index in [1.54, 1.807) is 6.07 Å². The van der Waals surface area contributed by atoms with Crippen LogP contribution in [-0.4, -0.2) is 10.3 Å². The van der Waals surface area contributed by atoms with Crippen LogP contribution in [0.1, 0.15) is 42.5 Å². The number of carbonyl (C=O) groups excluding carboxylic acids is 1. The summed E-state index contributed by atoms with van der Waals surface area (Å²) < 4.78 is 0.0811. The number of nitrogen functional groups attached to an aromatic ring is 1. The second-order valence-corrected chi connectivity index (χ2v) is 6.09. The molecular formula is C13H17BINO. The van der Waals surface area contributed by atoms with Gasteiger partial charge in [-0.05, 0) is 11.9 Å². The summed E-state index contributed by atoms with van der Waals surface area (Å²) in [6.07, 6.45) is 6.23. The molecule has 1 aliphatic carbocycles. The third-order valence-electron chi connectivity index (χ3n) is 3.54. The fraction of sp³-hybridized carbons (Fsp3) is 0.462. The Morgan fingerprint density at radius 1 is 1.24 bits per heavy atom. The van der Waals surface area contributed by atoms with Gasteiger partial charge in [-0.1, -0.05) is 50.3 Å². The smallest absolute Gasteiger partial charge is 0.305 e. The summed E-state index contributed by atoms with van der Waals surface area (Å²) >= 11 is 2.30. The van der Waals surface area contributed by atoms with Crippen molar-refractivity contribution in [2.45, 2.75) is 37.9 Å². The zero-order valence-corrected chi connectivity index (χ0v) is 12.0. The Kier molecular flexibility index (Phi) is 4.48. The number of rotatable bonds is 3. The van der Waals surface area contributed by atoms with E-state index in [0.717, 1.165) is 0 Å². The predicted octanol–water partition coefficient (Wildman–Crippen LogP) is 3.75. The minimum atomic E-state index is 0.0811. The van der Waals surface area contributed by atoms with Crippen molar-refractivity contribution in [3.05, 3.63) is 29.8 Å². The van der Waals surface area contributed by atoms with Crippen LogP contribution in [0.25, 0.3) is 0 Å². The molecule has 0 aliphatic heterocycles. The first-order chi connectivity index (χ1) is 8.20. The molecule has 0 radical (unpaired) electrons. The van der Waals surface area contributed by atoms with Crippen LogP contribution in [0.3, 0.4) is 0 Å². The Morgan fingerprint density at radius 3 is 2.53 bits per heavy atom. The number of anilines is 1. The zero-order chi connectivity index (χ0) is 12.3. The molecule has 1 aromatic carbocycles. The zero-order valence-electron chi connectivity index (χ0n) is 9.86. The summed E-state index contributed by atoms with van der Waals surface area (Å²) in [5.74, 6) is 0.538. The topological polar surface area (TPSA) is 43.1 Å². The first kappa shape index (κ1) is 12.9. The highest BCUT2D eigenvalue weighted by atomic mass is 127. The molecule has 90 valence electrons. The van der Waals surface area contributed by atoms with Gasteiger partial charge in [-0.25, -0.2) is 0 Å². The minimum Gasteiger partial charge on any atom is -0.398 e. The summed E-state index contributed by atoms with van der Waals surface area (Å²) in [4.78, 5) is 12.4. The molecule has 1 fully saturated rings. The van der Waals surface area contributed by atoms with E-state index in [2.05, 4.69) is 22.4 Å². The van der Waals surface area contributed by atoms with Gasteiger partial charge in [-0.2, -0.15) is 0 Å². The number of benzene rings is 1. The standard InChI is InChI=1S/C13H17BINO/c15-14(10-6-2-1-3-7-10)13(17)11-8-4-5-9-12(11)16/h4-5,8-10H,1-3,6-7,16H2. The van der Waals surface area contributed by atoms with Crippen LogP contribution in [0.5, 0.6) is 0 Å². The fourth-order valence-corrected chi connectivity index (χ4v) is 3.57. The highest BCUT2D eigenvalue weighted by Crippen LogP contribution is 2.35. The quantitative estimate of drug-likeness (QED) is 0.517. The minimum absolute atomic E-state index is 0.0811. The molecular weight excluding hydrogens is 324 g/mol. The molecule has 2 rings (SSSR count). The molecule has 0 heterocycles. The molecule has 0 atom stereocenters. The molecule has 0 aromatic heterocycles. The lowest BCUT2D eigenvalue weighted by Gasteiger charge is -2.23. The van der Waals surface area contributed by atoms with Crippen LogP contribution in [-0.2, 0) is 0 Å². The van der Waals surface area contributed by atoms with Gasteiger partial charge in [-0.15, -0.1) is 22.4 Å². The highest BCUT2D eigenvalue weighted by molar-refractivity contribution is 14.1. The Hall–Kier alpha value is -0.515. The summed E-state index contributed by atoms with van der Waals surface area (Å²) in [6, 6.07) is 7.40. The number of nitrogens with two attached hydrogens (primary N) is 1. The van der Waals surface area contributed by atoms with Gasteiger partial charge in [0.05, 0.1) is 0 Å². The van der Waals surface area contributed by atoms with Gasteiger partial charge in [-0.3, -0.25) is 0 Å². The van der Waals surface area contributed by atoms with Crippen molar-refractivity contribution in [3.63, 3.8) is 0 Å². The van der Waals surface area contributed by atoms with Gasteiger partial charge < -0.3 is 10.5 Å². The number of para-hydroxylation sites is 1. The first-order valence-electron chi connectivity index (χ1n) is 6.23. The van der Waals surface area contributed by atoms with E-state index in [0.29, 0.717) is 17.1 Å². The summed E-state index contributed by atoms with van der Waals surface area (Å²) in [5.41, 5.74) is 7.37.